The Morgan fingerprint density at radius 3 is 2.37 bits per heavy atom. The Labute approximate surface area is 118 Å². The molecule has 3 heteroatoms. The van der Waals surface area contributed by atoms with Crippen LogP contribution >= 0.6 is 12.4 Å². The fourth-order valence-corrected chi connectivity index (χ4v) is 2.13. The Kier molecular flexibility index (Phi) is 4.37. The molecule has 0 atom stereocenters. The van der Waals surface area contributed by atoms with E-state index >= 15 is 0 Å². The minimum atomic E-state index is 0. The average molecular weight is 271 g/mol. The number of halogens is 1. The van der Waals surface area contributed by atoms with Gasteiger partial charge in [-0.3, -0.25) is 0 Å². The van der Waals surface area contributed by atoms with Gasteiger partial charge in [-0.05, 0) is 17.5 Å². The molecule has 2 aromatic carbocycles. The van der Waals surface area contributed by atoms with Crippen LogP contribution in [0.5, 0.6) is 0 Å². The summed E-state index contributed by atoms with van der Waals surface area (Å²) in [5.74, 6) is 0.932. The lowest BCUT2D eigenvalue weighted by Crippen LogP contribution is -1.92. The van der Waals surface area contributed by atoms with E-state index in [0.717, 1.165) is 12.2 Å². The first kappa shape index (κ1) is 13.4. The molecule has 0 unspecified atom stereocenters. The molecule has 1 heterocycles. The van der Waals surface area contributed by atoms with Crippen molar-refractivity contribution in [3.8, 4) is 11.4 Å². The molecule has 0 spiro atoms. The van der Waals surface area contributed by atoms with Crippen LogP contribution in [0.15, 0.2) is 67.0 Å². The topological polar surface area (TPSA) is 28.7 Å². The van der Waals surface area contributed by atoms with Gasteiger partial charge in [-0.25, -0.2) is 4.98 Å². The van der Waals surface area contributed by atoms with Crippen LogP contribution in [0.1, 0.15) is 11.1 Å². The molecule has 1 N–H and O–H groups in total. The Morgan fingerprint density at radius 2 is 1.63 bits per heavy atom. The number of imidazole rings is 1. The second-order valence-electron chi connectivity index (χ2n) is 4.26. The lowest BCUT2D eigenvalue weighted by molar-refractivity contribution is 1.17. The Morgan fingerprint density at radius 1 is 0.895 bits per heavy atom. The summed E-state index contributed by atoms with van der Waals surface area (Å²) >= 11 is 0. The highest BCUT2D eigenvalue weighted by atomic mass is 35.5. The van der Waals surface area contributed by atoms with Gasteiger partial charge in [0.2, 0.25) is 0 Å². The number of benzene rings is 2. The maximum absolute atomic E-state index is 4.33. The number of H-pyrrole nitrogens is 1. The van der Waals surface area contributed by atoms with Crippen molar-refractivity contribution in [1.29, 1.82) is 0 Å². The molecule has 96 valence electrons. The molecular weight excluding hydrogens is 256 g/mol. The highest BCUT2D eigenvalue weighted by Crippen LogP contribution is 2.22. The van der Waals surface area contributed by atoms with Crippen LogP contribution in [0, 0.1) is 0 Å². The van der Waals surface area contributed by atoms with Gasteiger partial charge in [-0.15, -0.1) is 12.4 Å². The highest BCUT2D eigenvalue weighted by molar-refractivity contribution is 5.85. The van der Waals surface area contributed by atoms with Gasteiger partial charge in [-0.1, -0.05) is 54.6 Å². The molecule has 3 rings (SSSR count). The lowest BCUT2D eigenvalue weighted by atomic mass is 9.99. The predicted molar refractivity (Wildman–Crippen MR) is 80.5 cm³/mol. The fourth-order valence-electron chi connectivity index (χ4n) is 2.13. The van der Waals surface area contributed by atoms with Crippen LogP contribution in [-0.2, 0) is 6.42 Å². The maximum atomic E-state index is 4.33. The van der Waals surface area contributed by atoms with Gasteiger partial charge in [0.05, 0.1) is 0 Å². The number of rotatable bonds is 3. The van der Waals surface area contributed by atoms with Crippen molar-refractivity contribution in [1.82, 2.24) is 9.97 Å². The number of nitrogens with zero attached hydrogens (tertiary/aromatic N) is 1. The molecular formula is C16H15ClN2. The van der Waals surface area contributed by atoms with Crippen molar-refractivity contribution in [2.45, 2.75) is 6.42 Å². The monoisotopic (exact) mass is 270 g/mol. The Hall–Kier alpha value is -2.06. The van der Waals surface area contributed by atoms with Crippen molar-refractivity contribution in [3.63, 3.8) is 0 Å². The van der Waals surface area contributed by atoms with Crippen LogP contribution < -0.4 is 0 Å². The highest BCUT2D eigenvalue weighted by Gasteiger charge is 2.06. The van der Waals surface area contributed by atoms with E-state index in [2.05, 4.69) is 52.4 Å². The van der Waals surface area contributed by atoms with Crippen LogP contribution in [0.2, 0.25) is 0 Å². The van der Waals surface area contributed by atoms with E-state index in [4.69, 9.17) is 0 Å². The van der Waals surface area contributed by atoms with Crippen molar-refractivity contribution in [2.75, 3.05) is 0 Å². The zero-order valence-electron chi connectivity index (χ0n) is 10.4. The van der Waals surface area contributed by atoms with E-state index in [9.17, 15) is 0 Å². The smallest absolute Gasteiger partial charge is 0.137 e. The van der Waals surface area contributed by atoms with Gasteiger partial charge in [0.15, 0.2) is 0 Å². The summed E-state index contributed by atoms with van der Waals surface area (Å²) in [7, 11) is 0. The third-order valence-corrected chi connectivity index (χ3v) is 3.01. The Bertz CT molecular complexity index is 618. The molecule has 1 aromatic heterocycles. The van der Waals surface area contributed by atoms with Crippen molar-refractivity contribution in [3.05, 3.63) is 78.1 Å². The summed E-state index contributed by atoms with van der Waals surface area (Å²) in [4.78, 5) is 7.50. The first-order chi connectivity index (χ1) is 8.93. The number of hydrogen-bond donors (Lipinski definition) is 1. The molecule has 2 nitrogen and oxygen atoms in total. The number of nitrogens with one attached hydrogen (secondary N) is 1. The van der Waals surface area contributed by atoms with Gasteiger partial charge in [-0.2, -0.15) is 0 Å². The van der Waals surface area contributed by atoms with E-state index in [1.165, 1.54) is 16.7 Å². The van der Waals surface area contributed by atoms with Crippen LogP contribution in [0.25, 0.3) is 11.4 Å². The maximum Gasteiger partial charge on any atom is 0.137 e. The van der Waals surface area contributed by atoms with E-state index < -0.39 is 0 Å². The zero-order valence-corrected chi connectivity index (χ0v) is 11.2. The van der Waals surface area contributed by atoms with Crippen molar-refractivity contribution >= 4 is 12.4 Å². The third kappa shape index (κ3) is 3.04. The molecule has 0 bridgehead atoms. The predicted octanol–water partition coefficient (Wildman–Crippen LogP) is 4.09. The van der Waals surface area contributed by atoms with E-state index in [1.807, 2.05) is 18.3 Å². The second kappa shape index (κ2) is 6.21. The largest absolute Gasteiger partial charge is 0.345 e. The summed E-state index contributed by atoms with van der Waals surface area (Å²) in [5, 5.41) is 0. The molecule has 0 aliphatic carbocycles. The number of aromatic nitrogens is 2. The van der Waals surface area contributed by atoms with Gasteiger partial charge in [0.1, 0.15) is 5.82 Å². The molecule has 0 aliphatic heterocycles. The average Bonchev–Trinajstić information content (AvgIpc) is 2.94. The SMILES string of the molecule is Cl.c1ccc(Cc2ccccc2-c2ncc[nH]2)cc1. The molecule has 0 saturated carbocycles. The molecule has 0 aliphatic rings. The van der Waals surface area contributed by atoms with E-state index in [0.29, 0.717) is 0 Å². The van der Waals surface area contributed by atoms with Crippen LogP contribution in [-0.4, -0.2) is 9.97 Å². The second-order valence-corrected chi connectivity index (χ2v) is 4.26. The normalized spacial score (nSPS) is 9.89. The summed E-state index contributed by atoms with van der Waals surface area (Å²) in [5.41, 5.74) is 3.78. The van der Waals surface area contributed by atoms with Crippen LogP contribution in [0.4, 0.5) is 0 Å². The molecule has 19 heavy (non-hydrogen) atoms. The summed E-state index contributed by atoms with van der Waals surface area (Å²) < 4.78 is 0. The first-order valence-corrected chi connectivity index (χ1v) is 6.05. The standard InChI is InChI=1S/C16H14N2.ClH/c1-2-6-13(7-3-1)12-14-8-4-5-9-15(14)16-17-10-11-18-16;/h1-11H,12H2,(H,17,18);1H. The van der Waals surface area contributed by atoms with E-state index in [-0.39, 0.29) is 12.4 Å². The lowest BCUT2D eigenvalue weighted by Gasteiger charge is -2.07. The quantitative estimate of drug-likeness (QED) is 0.763. The summed E-state index contributed by atoms with van der Waals surface area (Å²) in [6.45, 7) is 0. The number of aromatic amines is 1. The molecule has 0 amide bonds. The minimum absolute atomic E-state index is 0. The summed E-state index contributed by atoms with van der Waals surface area (Å²) in [6.07, 6.45) is 4.57. The fraction of sp³-hybridized carbons (Fsp3) is 0.0625. The van der Waals surface area contributed by atoms with Gasteiger partial charge in [0, 0.05) is 18.0 Å². The molecule has 0 saturated heterocycles. The Balaban J connectivity index is 0.00000133. The van der Waals surface area contributed by atoms with Gasteiger partial charge in [0.25, 0.3) is 0 Å². The zero-order chi connectivity index (χ0) is 12.2. The number of hydrogen-bond acceptors (Lipinski definition) is 1. The molecule has 0 fully saturated rings. The third-order valence-electron chi connectivity index (χ3n) is 3.01. The van der Waals surface area contributed by atoms with Gasteiger partial charge < -0.3 is 4.98 Å². The summed E-state index contributed by atoms with van der Waals surface area (Å²) in [6, 6.07) is 18.9. The van der Waals surface area contributed by atoms with E-state index in [1.54, 1.807) is 6.20 Å². The first-order valence-electron chi connectivity index (χ1n) is 6.05. The molecule has 3 aromatic rings. The molecule has 0 radical (unpaired) electrons. The van der Waals surface area contributed by atoms with Crippen molar-refractivity contribution in [2.24, 2.45) is 0 Å². The van der Waals surface area contributed by atoms with Crippen molar-refractivity contribution < 1.29 is 0 Å². The van der Waals surface area contributed by atoms with Gasteiger partial charge >= 0.3 is 0 Å². The van der Waals surface area contributed by atoms with Crippen LogP contribution in [0.3, 0.4) is 0 Å². The minimum Gasteiger partial charge on any atom is -0.345 e.